The second-order valence-corrected chi connectivity index (χ2v) is 6.92. The Morgan fingerprint density at radius 2 is 2.00 bits per heavy atom. The zero-order valence-electron chi connectivity index (χ0n) is 13.6. The van der Waals surface area contributed by atoms with E-state index in [1.807, 2.05) is 29.6 Å². The molecule has 0 unspecified atom stereocenters. The average Bonchev–Trinajstić information content (AvgIpc) is 3.07. The normalized spacial score (nSPS) is 15.0. The fourth-order valence-electron chi connectivity index (χ4n) is 3.19. The number of hydrogen-bond donors (Lipinski definition) is 0. The van der Waals surface area contributed by atoms with E-state index in [1.54, 1.807) is 13.2 Å². The summed E-state index contributed by atoms with van der Waals surface area (Å²) in [4.78, 5) is 14.7. The van der Waals surface area contributed by atoms with Crippen molar-refractivity contribution in [2.45, 2.75) is 19.3 Å². The summed E-state index contributed by atoms with van der Waals surface area (Å²) in [6.45, 7) is 1.90. The maximum atomic E-state index is 12.5. The molecule has 4 nitrogen and oxygen atoms in total. The van der Waals surface area contributed by atoms with Gasteiger partial charge in [0, 0.05) is 30.1 Å². The van der Waals surface area contributed by atoms with Gasteiger partial charge in [0.2, 0.25) is 5.43 Å². The largest absolute Gasteiger partial charge is 0.497 e. The van der Waals surface area contributed by atoms with Crippen molar-refractivity contribution in [2.75, 3.05) is 25.1 Å². The average molecular weight is 341 g/mol. The van der Waals surface area contributed by atoms with Crippen molar-refractivity contribution in [1.29, 1.82) is 0 Å². The number of methoxy groups -OCH3 is 1. The summed E-state index contributed by atoms with van der Waals surface area (Å²) in [5.74, 6) is 1.48. The number of fused-ring (bicyclic) bond motifs is 1. The Kier molecular flexibility index (Phi) is 4.02. The van der Waals surface area contributed by atoms with Crippen LogP contribution in [-0.4, -0.2) is 20.2 Å². The van der Waals surface area contributed by atoms with Gasteiger partial charge in [-0.1, -0.05) is 12.1 Å². The SMILES string of the molecule is COc1cccc(-c2csc3c(=O)cc(N4CCCCC4)oc23)c1. The molecular weight excluding hydrogens is 322 g/mol. The molecule has 3 aromatic rings. The molecular formula is C19H19NO3S. The molecule has 1 saturated heterocycles. The van der Waals surface area contributed by atoms with E-state index in [0.717, 1.165) is 42.8 Å². The Labute approximate surface area is 144 Å². The van der Waals surface area contributed by atoms with Crippen molar-refractivity contribution in [1.82, 2.24) is 0 Å². The number of thiophene rings is 1. The minimum absolute atomic E-state index is 0.0379. The molecule has 0 N–H and O–H groups in total. The van der Waals surface area contributed by atoms with Crippen LogP contribution in [0.2, 0.25) is 0 Å². The molecule has 1 aliphatic heterocycles. The van der Waals surface area contributed by atoms with E-state index < -0.39 is 0 Å². The summed E-state index contributed by atoms with van der Waals surface area (Å²) in [5.41, 5.74) is 2.67. The van der Waals surface area contributed by atoms with Crippen LogP contribution in [0.4, 0.5) is 5.88 Å². The second kappa shape index (κ2) is 6.32. The fraction of sp³-hybridized carbons (Fsp3) is 0.316. The lowest BCUT2D eigenvalue weighted by atomic mass is 10.1. The number of ether oxygens (including phenoxy) is 1. The van der Waals surface area contributed by atoms with Crippen LogP contribution in [0.15, 0.2) is 44.9 Å². The van der Waals surface area contributed by atoms with E-state index in [0.29, 0.717) is 16.2 Å². The highest BCUT2D eigenvalue weighted by Crippen LogP contribution is 2.36. The Balaban J connectivity index is 1.84. The third-order valence-electron chi connectivity index (χ3n) is 4.48. The molecule has 2 aromatic heterocycles. The highest BCUT2D eigenvalue weighted by Gasteiger charge is 2.18. The molecule has 0 saturated carbocycles. The minimum Gasteiger partial charge on any atom is -0.497 e. The molecule has 24 heavy (non-hydrogen) atoms. The van der Waals surface area contributed by atoms with Gasteiger partial charge >= 0.3 is 0 Å². The highest BCUT2D eigenvalue weighted by atomic mass is 32.1. The quantitative estimate of drug-likeness (QED) is 0.702. The summed E-state index contributed by atoms with van der Waals surface area (Å²) in [6, 6.07) is 9.48. The monoisotopic (exact) mass is 341 g/mol. The van der Waals surface area contributed by atoms with E-state index in [2.05, 4.69) is 4.90 Å². The molecule has 1 aromatic carbocycles. The molecule has 0 bridgehead atoms. The van der Waals surface area contributed by atoms with Gasteiger partial charge in [-0.3, -0.25) is 4.79 Å². The lowest BCUT2D eigenvalue weighted by Gasteiger charge is -2.26. The van der Waals surface area contributed by atoms with Crippen LogP contribution in [0.1, 0.15) is 19.3 Å². The van der Waals surface area contributed by atoms with Gasteiger partial charge in [0.1, 0.15) is 10.4 Å². The zero-order chi connectivity index (χ0) is 16.5. The van der Waals surface area contributed by atoms with Gasteiger partial charge in [0.05, 0.1) is 7.11 Å². The first-order valence-corrected chi connectivity index (χ1v) is 9.09. The molecule has 4 rings (SSSR count). The van der Waals surface area contributed by atoms with E-state index in [-0.39, 0.29) is 5.43 Å². The highest BCUT2D eigenvalue weighted by molar-refractivity contribution is 7.17. The molecule has 0 aliphatic carbocycles. The number of piperidine rings is 1. The van der Waals surface area contributed by atoms with Gasteiger partial charge in [0.15, 0.2) is 11.5 Å². The number of nitrogens with zero attached hydrogens (tertiary/aromatic N) is 1. The molecule has 0 spiro atoms. The second-order valence-electron chi connectivity index (χ2n) is 6.04. The first kappa shape index (κ1) is 15.3. The van der Waals surface area contributed by atoms with Crippen molar-refractivity contribution >= 4 is 27.5 Å². The van der Waals surface area contributed by atoms with Crippen LogP contribution in [0.25, 0.3) is 21.4 Å². The van der Waals surface area contributed by atoms with Crippen LogP contribution in [-0.2, 0) is 0 Å². The lowest BCUT2D eigenvalue weighted by Crippen LogP contribution is -2.29. The van der Waals surface area contributed by atoms with Gasteiger partial charge in [-0.2, -0.15) is 0 Å². The van der Waals surface area contributed by atoms with Crippen molar-refractivity contribution in [2.24, 2.45) is 0 Å². The molecule has 0 atom stereocenters. The minimum atomic E-state index is 0.0379. The molecule has 1 fully saturated rings. The van der Waals surface area contributed by atoms with Gasteiger partial charge in [-0.25, -0.2) is 0 Å². The Morgan fingerprint density at radius 3 is 2.79 bits per heavy atom. The Bertz CT molecular complexity index is 922. The van der Waals surface area contributed by atoms with E-state index >= 15 is 0 Å². The van der Waals surface area contributed by atoms with Crippen LogP contribution >= 0.6 is 11.3 Å². The van der Waals surface area contributed by atoms with Gasteiger partial charge in [-0.15, -0.1) is 11.3 Å². The smallest absolute Gasteiger partial charge is 0.204 e. The lowest BCUT2D eigenvalue weighted by molar-refractivity contribution is 0.415. The maximum Gasteiger partial charge on any atom is 0.204 e. The number of hydrogen-bond acceptors (Lipinski definition) is 5. The van der Waals surface area contributed by atoms with Crippen LogP contribution in [0.5, 0.6) is 5.75 Å². The topological polar surface area (TPSA) is 42.7 Å². The molecule has 3 heterocycles. The van der Waals surface area contributed by atoms with Crippen LogP contribution in [0, 0.1) is 0 Å². The fourth-order valence-corrected chi connectivity index (χ4v) is 4.10. The van der Waals surface area contributed by atoms with Crippen LogP contribution < -0.4 is 15.1 Å². The molecule has 124 valence electrons. The number of anilines is 1. The van der Waals surface area contributed by atoms with Crippen molar-refractivity contribution in [3.05, 3.63) is 45.9 Å². The van der Waals surface area contributed by atoms with Crippen molar-refractivity contribution in [3.63, 3.8) is 0 Å². The van der Waals surface area contributed by atoms with Gasteiger partial charge in [-0.05, 0) is 37.0 Å². The summed E-state index contributed by atoms with van der Waals surface area (Å²) in [5, 5.41) is 1.99. The molecule has 1 aliphatic rings. The van der Waals surface area contributed by atoms with Crippen LogP contribution in [0.3, 0.4) is 0 Å². The Hall–Kier alpha value is -2.27. The summed E-state index contributed by atoms with van der Waals surface area (Å²) < 4.78 is 12.2. The first-order valence-electron chi connectivity index (χ1n) is 8.21. The Morgan fingerprint density at radius 1 is 1.17 bits per heavy atom. The van der Waals surface area contributed by atoms with Gasteiger partial charge < -0.3 is 14.1 Å². The number of rotatable bonds is 3. The van der Waals surface area contributed by atoms with E-state index in [9.17, 15) is 4.79 Å². The standard InChI is InChI=1S/C19H19NO3S/c1-22-14-7-5-6-13(10-14)15-12-24-19-16(21)11-17(23-18(15)19)20-8-3-2-4-9-20/h5-7,10-12H,2-4,8-9H2,1H3. The molecule has 5 heteroatoms. The van der Waals surface area contributed by atoms with E-state index in [1.165, 1.54) is 17.8 Å². The predicted octanol–water partition coefficient (Wildman–Crippen LogP) is 4.52. The summed E-state index contributed by atoms with van der Waals surface area (Å²) in [6.07, 6.45) is 3.54. The third kappa shape index (κ3) is 2.69. The van der Waals surface area contributed by atoms with Gasteiger partial charge in [0.25, 0.3) is 0 Å². The summed E-state index contributed by atoms with van der Waals surface area (Å²) in [7, 11) is 1.65. The maximum absolute atomic E-state index is 12.5. The molecule has 0 radical (unpaired) electrons. The number of benzene rings is 1. The van der Waals surface area contributed by atoms with Crippen molar-refractivity contribution < 1.29 is 9.15 Å². The summed E-state index contributed by atoms with van der Waals surface area (Å²) >= 11 is 1.44. The van der Waals surface area contributed by atoms with E-state index in [4.69, 9.17) is 9.15 Å². The van der Waals surface area contributed by atoms with Crippen molar-refractivity contribution in [3.8, 4) is 16.9 Å². The predicted molar refractivity (Wildman–Crippen MR) is 98.4 cm³/mol. The first-order chi connectivity index (χ1) is 11.8. The zero-order valence-corrected chi connectivity index (χ0v) is 14.4. The third-order valence-corrected chi connectivity index (χ3v) is 5.45. The molecule has 0 amide bonds.